The molecule has 0 bridgehead atoms. The average Bonchev–Trinajstić information content (AvgIpc) is 3.14. The Morgan fingerprint density at radius 1 is 1.43 bits per heavy atom. The summed E-state index contributed by atoms with van der Waals surface area (Å²) in [6, 6.07) is -0.422. The Hall–Kier alpha value is -2.00. The van der Waals surface area contributed by atoms with Crippen LogP contribution in [0.3, 0.4) is 0 Å². The van der Waals surface area contributed by atoms with Crippen LogP contribution in [0.15, 0.2) is 12.4 Å². The van der Waals surface area contributed by atoms with E-state index >= 15 is 0 Å². The van der Waals surface area contributed by atoms with E-state index in [1.165, 1.54) is 11.3 Å². The van der Waals surface area contributed by atoms with Crippen molar-refractivity contribution < 1.29 is 9.90 Å². The number of unbranched alkanes of at least 4 members (excludes halogenated alkanes) is 2. The van der Waals surface area contributed by atoms with Crippen LogP contribution in [0.5, 0.6) is 0 Å². The minimum atomic E-state index is -0.861. The number of aromatic nitrogens is 4. The van der Waals surface area contributed by atoms with Gasteiger partial charge in [-0.3, -0.25) is 5.32 Å². The second-order valence-electron chi connectivity index (χ2n) is 5.21. The van der Waals surface area contributed by atoms with Crippen molar-refractivity contribution >= 4 is 22.5 Å². The molecule has 2 amide bonds. The molecule has 0 saturated carbocycles. The first-order chi connectivity index (χ1) is 11.1. The molecule has 2 aromatic heterocycles. The zero-order valence-electron chi connectivity index (χ0n) is 13.3. The third kappa shape index (κ3) is 5.29. The molecule has 126 valence electrons. The highest BCUT2D eigenvalue weighted by Gasteiger charge is 2.14. The van der Waals surface area contributed by atoms with E-state index in [4.69, 9.17) is 0 Å². The first-order valence-corrected chi connectivity index (χ1v) is 8.44. The molecule has 0 spiro atoms. The second kappa shape index (κ2) is 8.59. The van der Waals surface area contributed by atoms with Crippen LogP contribution in [0.4, 0.5) is 9.93 Å². The third-order valence-electron chi connectivity index (χ3n) is 3.29. The molecule has 0 fully saturated rings. The zero-order valence-corrected chi connectivity index (χ0v) is 14.1. The van der Waals surface area contributed by atoms with Gasteiger partial charge >= 0.3 is 6.03 Å². The van der Waals surface area contributed by atoms with Crippen LogP contribution in [0.25, 0.3) is 0 Å². The van der Waals surface area contributed by atoms with E-state index in [-0.39, 0.29) is 6.54 Å². The highest BCUT2D eigenvalue weighted by atomic mass is 32.1. The van der Waals surface area contributed by atoms with Crippen molar-refractivity contribution in [2.75, 3.05) is 11.9 Å². The smallest absolute Gasteiger partial charge is 0.321 e. The normalized spacial score (nSPS) is 12.1. The topological polar surface area (TPSA) is 105 Å². The molecule has 0 saturated heterocycles. The summed E-state index contributed by atoms with van der Waals surface area (Å²) in [5.74, 6) is 0.499. The number of nitrogens with zero attached hydrogens (tertiary/aromatic N) is 4. The van der Waals surface area contributed by atoms with Crippen LogP contribution in [-0.2, 0) is 13.5 Å². The third-order valence-corrected chi connectivity index (χ3v) is 4.19. The van der Waals surface area contributed by atoms with E-state index in [9.17, 15) is 9.90 Å². The number of anilines is 1. The number of hydrogen-bond acceptors (Lipinski definition) is 6. The van der Waals surface area contributed by atoms with Gasteiger partial charge in [0.15, 0.2) is 0 Å². The Balaban J connectivity index is 1.75. The quantitative estimate of drug-likeness (QED) is 0.637. The summed E-state index contributed by atoms with van der Waals surface area (Å²) >= 11 is 1.37. The summed E-state index contributed by atoms with van der Waals surface area (Å²) in [5, 5.41) is 24.6. The Kier molecular flexibility index (Phi) is 6.48. The molecule has 0 unspecified atom stereocenters. The Morgan fingerprint density at radius 3 is 2.96 bits per heavy atom. The van der Waals surface area contributed by atoms with E-state index in [0.29, 0.717) is 11.0 Å². The van der Waals surface area contributed by atoms with E-state index in [2.05, 4.69) is 32.7 Å². The van der Waals surface area contributed by atoms with Crippen LogP contribution in [-0.4, -0.2) is 37.4 Å². The van der Waals surface area contributed by atoms with E-state index in [0.717, 1.165) is 30.7 Å². The molecular weight excluding hydrogens is 316 g/mol. The molecule has 0 aliphatic carbocycles. The zero-order chi connectivity index (χ0) is 16.7. The number of amides is 2. The Morgan fingerprint density at radius 2 is 2.26 bits per heavy atom. The van der Waals surface area contributed by atoms with E-state index in [1.54, 1.807) is 24.0 Å². The standard InChI is InChI=1S/C14H22N6O2S/c1-3-4-5-6-11-18-19-14(23-11)17-13(22)16-9-10(21)12-15-7-8-20(12)2/h7-8,10,21H,3-6,9H2,1-2H3,(H2,16,17,19,22)/t10-/m0/s1. The van der Waals surface area contributed by atoms with Crippen molar-refractivity contribution in [3.8, 4) is 0 Å². The maximum absolute atomic E-state index is 11.8. The molecule has 0 aliphatic rings. The number of nitrogens with one attached hydrogen (secondary N) is 2. The Bertz CT molecular complexity index is 626. The highest BCUT2D eigenvalue weighted by Crippen LogP contribution is 2.17. The summed E-state index contributed by atoms with van der Waals surface area (Å²) < 4.78 is 1.71. The molecular formula is C14H22N6O2S. The molecule has 9 heteroatoms. The number of urea groups is 1. The number of imidazole rings is 1. The van der Waals surface area contributed by atoms with Crippen molar-refractivity contribution in [3.63, 3.8) is 0 Å². The largest absolute Gasteiger partial charge is 0.383 e. The lowest BCUT2D eigenvalue weighted by Crippen LogP contribution is -2.33. The van der Waals surface area contributed by atoms with Crippen LogP contribution in [0.1, 0.15) is 43.1 Å². The second-order valence-corrected chi connectivity index (χ2v) is 6.27. The number of rotatable bonds is 8. The fourth-order valence-electron chi connectivity index (χ4n) is 2.05. The lowest BCUT2D eigenvalue weighted by molar-refractivity contribution is 0.163. The van der Waals surface area contributed by atoms with Gasteiger partial charge in [0.1, 0.15) is 16.9 Å². The van der Waals surface area contributed by atoms with Crippen molar-refractivity contribution in [2.24, 2.45) is 7.05 Å². The van der Waals surface area contributed by atoms with Crippen LogP contribution in [0, 0.1) is 0 Å². The predicted molar refractivity (Wildman–Crippen MR) is 88.3 cm³/mol. The molecule has 2 heterocycles. The number of aryl methyl sites for hydroxylation is 2. The molecule has 0 aliphatic heterocycles. The van der Waals surface area contributed by atoms with Gasteiger partial charge in [-0.1, -0.05) is 31.1 Å². The van der Waals surface area contributed by atoms with Gasteiger partial charge in [-0.2, -0.15) is 0 Å². The fraction of sp³-hybridized carbons (Fsp3) is 0.571. The van der Waals surface area contributed by atoms with Gasteiger partial charge in [0.05, 0.1) is 6.54 Å². The molecule has 2 aromatic rings. The number of hydrogen-bond donors (Lipinski definition) is 3. The molecule has 23 heavy (non-hydrogen) atoms. The maximum atomic E-state index is 11.8. The van der Waals surface area contributed by atoms with Gasteiger partial charge in [0.2, 0.25) is 5.13 Å². The van der Waals surface area contributed by atoms with E-state index < -0.39 is 12.1 Å². The summed E-state index contributed by atoms with van der Waals surface area (Å²) in [6.07, 6.45) is 6.75. The number of aliphatic hydroxyl groups excluding tert-OH is 1. The van der Waals surface area contributed by atoms with E-state index in [1.807, 2.05) is 0 Å². The summed E-state index contributed by atoms with van der Waals surface area (Å²) in [4.78, 5) is 15.9. The maximum Gasteiger partial charge on any atom is 0.321 e. The van der Waals surface area contributed by atoms with Gasteiger partial charge in [0, 0.05) is 25.9 Å². The molecule has 3 N–H and O–H groups in total. The number of carbonyl (C=O) groups is 1. The van der Waals surface area contributed by atoms with Crippen molar-refractivity contribution in [1.82, 2.24) is 25.1 Å². The summed E-state index contributed by atoms with van der Waals surface area (Å²) in [7, 11) is 1.78. The first kappa shape index (κ1) is 17.4. The van der Waals surface area contributed by atoms with Gasteiger partial charge in [0.25, 0.3) is 0 Å². The molecule has 0 radical (unpaired) electrons. The predicted octanol–water partition coefficient (Wildman–Crippen LogP) is 1.86. The van der Waals surface area contributed by atoms with Gasteiger partial charge in [-0.05, 0) is 6.42 Å². The molecule has 8 nitrogen and oxygen atoms in total. The summed E-state index contributed by atoms with van der Waals surface area (Å²) in [5.41, 5.74) is 0. The average molecular weight is 338 g/mol. The van der Waals surface area contributed by atoms with Gasteiger partial charge in [-0.15, -0.1) is 10.2 Å². The molecule has 0 aromatic carbocycles. The van der Waals surface area contributed by atoms with Crippen LogP contribution >= 0.6 is 11.3 Å². The fourth-order valence-corrected chi connectivity index (χ4v) is 2.83. The number of aliphatic hydroxyl groups is 1. The highest BCUT2D eigenvalue weighted by molar-refractivity contribution is 7.15. The van der Waals surface area contributed by atoms with Crippen LogP contribution < -0.4 is 10.6 Å². The van der Waals surface area contributed by atoms with Gasteiger partial charge in [-0.25, -0.2) is 9.78 Å². The lowest BCUT2D eigenvalue weighted by atomic mass is 10.2. The monoisotopic (exact) mass is 338 g/mol. The Labute approximate surface area is 139 Å². The molecule has 1 atom stereocenters. The SMILES string of the molecule is CCCCCc1nnc(NC(=O)NC[C@H](O)c2nccn2C)s1. The first-order valence-electron chi connectivity index (χ1n) is 7.62. The van der Waals surface area contributed by atoms with Crippen molar-refractivity contribution in [1.29, 1.82) is 0 Å². The van der Waals surface area contributed by atoms with Crippen LogP contribution in [0.2, 0.25) is 0 Å². The van der Waals surface area contributed by atoms with Crippen molar-refractivity contribution in [2.45, 2.75) is 38.7 Å². The summed E-state index contributed by atoms with van der Waals surface area (Å²) in [6.45, 7) is 2.22. The van der Waals surface area contributed by atoms with Gasteiger partial charge < -0.3 is 15.0 Å². The minimum absolute atomic E-state index is 0.0683. The minimum Gasteiger partial charge on any atom is -0.383 e. The lowest BCUT2D eigenvalue weighted by Gasteiger charge is -2.11. The number of carbonyl (C=O) groups excluding carboxylic acids is 1. The van der Waals surface area contributed by atoms with Crippen molar-refractivity contribution in [3.05, 3.63) is 23.2 Å². The molecule has 2 rings (SSSR count).